The van der Waals surface area contributed by atoms with Gasteiger partial charge in [0, 0.05) is 30.9 Å². The Bertz CT molecular complexity index is 796. The van der Waals surface area contributed by atoms with Crippen LogP contribution in [0.15, 0.2) is 4.79 Å². The number of hydrogen-bond donors (Lipinski definition) is 3. The first-order valence-corrected chi connectivity index (χ1v) is 9.31. The summed E-state index contributed by atoms with van der Waals surface area (Å²) < 4.78 is 0. The highest BCUT2D eigenvalue weighted by Gasteiger charge is 2.23. The lowest BCUT2D eigenvalue weighted by Crippen LogP contribution is -2.25. The minimum absolute atomic E-state index is 0.0630. The van der Waals surface area contributed by atoms with Crippen LogP contribution in [0.5, 0.6) is 0 Å². The van der Waals surface area contributed by atoms with Gasteiger partial charge in [0.2, 0.25) is 5.91 Å². The van der Waals surface area contributed by atoms with Gasteiger partial charge in [0.25, 0.3) is 5.56 Å². The number of thiophene rings is 1. The maximum absolute atomic E-state index is 12.5. The molecule has 0 saturated carbocycles. The standard InChI is InChI=1S/C17H23N3O3S/c1-10-3-4-11-12(9-10)24-17-15(11)16(23)19-13(20-17)5-6-14(22)18-7-2-8-21/h10,21H,2-9H2,1H3,(H,18,22)(H,19,20,23). The van der Waals surface area contributed by atoms with E-state index >= 15 is 0 Å². The number of aryl methyl sites for hydroxylation is 2. The Labute approximate surface area is 144 Å². The van der Waals surface area contributed by atoms with Gasteiger partial charge in [-0.05, 0) is 37.2 Å². The molecule has 2 heterocycles. The first-order valence-electron chi connectivity index (χ1n) is 8.49. The number of aromatic nitrogens is 2. The predicted molar refractivity (Wildman–Crippen MR) is 94.5 cm³/mol. The topological polar surface area (TPSA) is 95.1 Å². The number of hydrogen-bond acceptors (Lipinski definition) is 5. The second kappa shape index (κ2) is 7.44. The smallest absolute Gasteiger partial charge is 0.259 e. The third-order valence-corrected chi connectivity index (χ3v) is 5.61. The fraction of sp³-hybridized carbons (Fsp3) is 0.588. The molecule has 130 valence electrons. The number of carbonyl (C=O) groups excluding carboxylic acids is 1. The van der Waals surface area contributed by atoms with E-state index < -0.39 is 0 Å². The molecule has 0 radical (unpaired) electrons. The van der Waals surface area contributed by atoms with Crippen LogP contribution in [0.1, 0.15) is 42.5 Å². The highest BCUT2D eigenvalue weighted by Crippen LogP contribution is 2.35. The molecule has 2 aromatic rings. The molecule has 1 amide bonds. The van der Waals surface area contributed by atoms with Crippen molar-refractivity contribution in [3.05, 3.63) is 26.6 Å². The molecule has 0 spiro atoms. The van der Waals surface area contributed by atoms with Gasteiger partial charge in [0.15, 0.2) is 0 Å². The van der Waals surface area contributed by atoms with E-state index in [0.29, 0.717) is 31.1 Å². The molecule has 0 saturated heterocycles. The van der Waals surface area contributed by atoms with Gasteiger partial charge in [-0.1, -0.05) is 6.92 Å². The van der Waals surface area contributed by atoms with Gasteiger partial charge in [-0.25, -0.2) is 4.98 Å². The second-order valence-electron chi connectivity index (χ2n) is 6.47. The first kappa shape index (κ1) is 17.1. The summed E-state index contributed by atoms with van der Waals surface area (Å²) in [5.41, 5.74) is 1.10. The Morgan fingerprint density at radius 1 is 1.50 bits per heavy atom. The Hall–Kier alpha value is -1.73. The number of aromatic amines is 1. The van der Waals surface area contributed by atoms with Crippen molar-refractivity contribution in [3.8, 4) is 0 Å². The molecule has 0 aliphatic heterocycles. The average molecular weight is 349 g/mol. The molecule has 1 aliphatic rings. The molecular formula is C17H23N3O3S. The van der Waals surface area contributed by atoms with E-state index in [0.717, 1.165) is 29.5 Å². The monoisotopic (exact) mass is 349 g/mol. The van der Waals surface area contributed by atoms with Crippen LogP contribution in [0.2, 0.25) is 0 Å². The van der Waals surface area contributed by atoms with Gasteiger partial charge in [0.05, 0.1) is 5.39 Å². The van der Waals surface area contributed by atoms with E-state index in [4.69, 9.17) is 5.11 Å². The maximum atomic E-state index is 12.5. The van der Waals surface area contributed by atoms with Crippen molar-refractivity contribution in [1.82, 2.24) is 15.3 Å². The minimum Gasteiger partial charge on any atom is -0.396 e. The zero-order valence-corrected chi connectivity index (χ0v) is 14.7. The lowest BCUT2D eigenvalue weighted by molar-refractivity contribution is -0.121. The molecule has 0 fully saturated rings. The van der Waals surface area contributed by atoms with E-state index in [2.05, 4.69) is 22.2 Å². The summed E-state index contributed by atoms with van der Waals surface area (Å²) in [6, 6.07) is 0. The van der Waals surface area contributed by atoms with Crippen LogP contribution in [0.3, 0.4) is 0 Å². The molecule has 7 heteroatoms. The van der Waals surface area contributed by atoms with Gasteiger partial charge in [-0.2, -0.15) is 0 Å². The Morgan fingerprint density at radius 3 is 3.12 bits per heavy atom. The summed E-state index contributed by atoms with van der Waals surface area (Å²) in [5.74, 6) is 1.13. The number of aliphatic hydroxyl groups excluding tert-OH is 1. The molecule has 2 aromatic heterocycles. The molecule has 1 unspecified atom stereocenters. The number of fused-ring (bicyclic) bond motifs is 3. The largest absolute Gasteiger partial charge is 0.396 e. The number of amides is 1. The highest BCUT2D eigenvalue weighted by molar-refractivity contribution is 7.18. The lowest BCUT2D eigenvalue weighted by atomic mass is 9.89. The van der Waals surface area contributed by atoms with Crippen molar-refractivity contribution in [2.75, 3.05) is 13.2 Å². The third kappa shape index (κ3) is 3.67. The number of carbonyl (C=O) groups is 1. The lowest BCUT2D eigenvalue weighted by Gasteiger charge is -2.17. The summed E-state index contributed by atoms with van der Waals surface area (Å²) in [6.45, 7) is 2.77. The van der Waals surface area contributed by atoms with Crippen LogP contribution in [0.25, 0.3) is 10.2 Å². The Balaban J connectivity index is 1.74. The second-order valence-corrected chi connectivity index (χ2v) is 7.56. The van der Waals surface area contributed by atoms with Crippen molar-refractivity contribution in [1.29, 1.82) is 0 Å². The highest BCUT2D eigenvalue weighted by atomic mass is 32.1. The maximum Gasteiger partial charge on any atom is 0.259 e. The zero-order chi connectivity index (χ0) is 17.1. The van der Waals surface area contributed by atoms with Gasteiger partial charge < -0.3 is 15.4 Å². The van der Waals surface area contributed by atoms with Gasteiger partial charge in [0.1, 0.15) is 10.7 Å². The van der Waals surface area contributed by atoms with Gasteiger partial charge in [-0.15, -0.1) is 11.3 Å². The Morgan fingerprint density at radius 2 is 2.33 bits per heavy atom. The van der Waals surface area contributed by atoms with Crippen LogP contribution < -0.4 is 10.9 Å². The van der Waals surface area contributed by atoms with Crippen molar-refractivity contribution < 1.29 is 9.90 Å². The number of rotatable bonds is 6. The van der Waals surface area contributed by atoms with E-state index in [1.54, 1.807) is 11.3 Å². The molecule has 24 heavy (non-hydrogen) atoms. The number of nitrogens with one attached hydrogen (secondary N) is 2. The van der Waals surface area contributed by atoms with Crippen LogP contribution in [-0.4, -0.2) is 34.1 Å². The van der Waals surface area contributed by atoms with Crippen molar-refractivity contribution in [3.63, 3.8) is 0 Å². The molecule has 0 aromatic carbocycles. The first-order chi connectivity index (χ1) is 11.6. The zero-order valence-electron chi connectivity index (χ0n) is 13.9. The van der Waals surface area contributed by atoms with E-state index in [9.17, 15) is 9.59 Å². The summed E-state index contributed by atoms with van der Waals surface area (Å²) >= 11 is 1.62. The summed E-state index contributed by atoms with van der Waals surface area (Å²) in [7, 11) is 0. The van der Waals surface area contributed by atoms with E-state index in [1.165, 1.54) is 10.4 Å². The average Bonchev–Trinajstić information content (AvgIpc) is 2.90. The molecule has 0 bridgehead atoms. The summed E-state index contributed by atoms with van der Waals surface area (Å²) in [5, 5.41) is 12.2. The molecule has 6 nitrogen and oxygen atoms in total. The van der Waals surface area contributed by atoms with Crippen LogP contribution in [0.4, 0.5) is 0 Å². The van der Waals surface area contributed by atoms with Crippen LogP contribution >= 0.6 is 11.3 Å². The van der Waals surface area contributed by atoms with E-state index in [1.807, 2.05) is 0 Å². The SMILES string of the molecule is CC1CCc2c(sc3nc(CCC(=O)NCCCO)[nH]c(=O)c23)C1. The molecule has 3 rings (SSSR count). The van der Waals surface area contributed by atoms with Crippen LogP contribution in [0, 0.1) is 5.92 Å². The molecule has 1 aliphatic carbocycles. The quantitative estimate of drug-likeness (QED) is 0.690. The van der Waals surface area contributed by atoms with Gasteiger partial charge in [-0.3, -0.25) is 9.59 Å². The van der Waals surface area contributed by atoms with Gasteiger partial charge >= 0.3 is 0 Å². The number of aliphatic hydroxyl groups is 1. The third-order valence-electron chi connectivity index (χ3n) is 4.46. The predicted octanol–water partition coefficient (Wildman–Crippen LogP) is 1.54. The fourth-order valence-corrected chi connectivity index (χ4v) is 4.54. The van der Waals surface area contributed by atoms with Crippen molar-refractivity contribution in [2.24, 2.45) is 5.92 Å². The Kier molecular flexibility index (Phi) is 5.30. The molecule has 3 N–H and O–H groups in total. The summed E-state index contributed by atoms with van der Waals surface area (Å²) in [4.78, 5) is 33.7. The normalized spacial score (nSPS) is 17.0. The van der Waals surface area contributed by atoms with Crippen molar-refractivity contribution >= 4 is 27.5 Å². The number of nitrogens with zero attached hydrogens (tertiary/aromatic N) is 1. The fourth-order valence-electron chi connectivity index (χ4n) is 3.14. The van der Waals surface area contributed by atoms with Crippen LogP contribution in [-0.2, 0) is 24.1 Å². The summed E-state index contributed by atoms with van der Waals surface area (Å²) in [6.07, 6.45) is 4.34. The van der Waals surface area contributed by atoms with Crippen molar-refractivity contribution in [2.45, 2.75) is 45.4 Å². The number of H-pyrrole nitrogens is 1. The molecular weight excluding hydrogens is 326 g/mol. The molecule has 1 atom stereocenters. The minimum atomic E-state index is -0.0921. The van der Waals surface area contributed by atoms with E-state index in [-0.39, 0.29) is 24.5 Å².